The van der Waals surface area contributed by atoms with Crippen molar-refractivity contribution in [2.75, 3.05) is 13.2 Å². The first-order valence-corrected chi connectivity index (χ1v) is 30.6. The molecule has 0 aliphatic carbocycles. The Kier molecular flexibility index (Phi) is 56.7. The predicted octanol–water partition coefficient (Wildman–Crippen LogP) is 20.6. The highest BCUT2D eigenvalue weighted by molar-refractivity contribution is 5.71. The smallest absolute Gasteiger partial charge is 0.306 e. The number of ether oxygens (including phenoxy) is 3. The Hall–Kier alpha value is -2.63. The maximum absolute atomic E-state index is 12.9. The van der Waals surface area contributed by atoms with Crippen LogP contribution in [-0.4, -0.2) is 37.2 Å². The maximum Gasteiger partial charge on any atom is 0.306 e. The zero-order valence-corrected chi connectivity index (χ0v) is 46.8. The largest absolute Gasteiger partial charge is 0.462 e. The fourth-order valence-electron chi connectivity index (χ4n) is 8.92. The molecule has 0 aromatic rings. The minimum absolute atomic E-state index is 0.0757. The molecule has 0 unspecified atom stereocenters. The second-order valence-electron chi connectivity index (χ2n) is 20.6. The average molecular weight is 982 g/mol. The van der Waals surface area contributed by atoms with Gasteiger partial charge < -0.3 is 14.2 Å². The van der Waals surface area contributed by atoms with E-state index >= 15 is 0 Å². The molecule has 0 amide bonds. The topological polar surface area (TPSA) is 78.9 Å². The maximum atomic E-state index is 12.9. The van der Waals surface area contributed by atoms with Crippen molar-refractivity contribution in [3.8, 4) is 0 Å². The molecule has 0 bridgehead atoms. The number of allylic oxidation sites excluding steroid dienone is 8. The van der Waals surface area contributed by atoms with Crippen LogP contribution in [0.15, 0.2) is 48.6 Å². The molecule has 408 valence electrons. The summed E-state index contributed by atoms with van der Waals surface area (Å²) in [5.74, 6) is -0.875. The third kappa shape index (κ3) is 56.3. The van der Waals surface area contributed by atoms with Crippen LogP contribution in [0.25, 0.3) is 0 Å². The average Bonchev–Trinajstić information content (AvgIpc) is 3.36. The van der Waals surface area contributed by atoms with Gasteiger partial charge in [-0.3, -0.25) is 14.4 Å². The van der Waals surface area contributed by atoms with Crippen molar-refractivity contribution in [2.45, 2.75) is 329 Å². The van der Waals surface area contributed by atoms with Gasteiger partial charge in [0.1, 0.15) is 13.2 Å². The van der Waals surface area contributed by atoms with Gasteiger partial charge in [-0.2, -0.15) is 0 Å². The number of hydrogen-bond donors (Lipinski definition) is 0. The first kappa shape index (κ1) is 67.4. The summed E-state index contributed by atoms with van der Waals surface area (Å²) >= 11 is 0. The van der Waals surface area contributed by atoms with E-state index in [1.807, 2.05) is 0 Å². The molecule has 0 saturated heterocycles. The lowest BCUT2D eigenvalue weighted by molar-refractivity contribution is -0.167. The number of esters is 3. The predicted molar refractivity (Wildman–Crippen MR) is 302 cm³/mol. The van der Waals surface area contributed by atoms with Crippen LogP contribution in [0.4, 0.5) is 0 Å². The Labute approximate surface area is 435 Å². The lowest BCUT2D eigenvalue weighted by Gasteiger charge is -2.18. The zero-order valence-electron chi connectivity index (χ0n) is 46.8. The summed E-state index contributed by atoms with van der Waals surface area (Å²) in [6.07, 6.45) is 72.4. The summed E-state index contributed by atoms with van der Waals surface area (Å²) in [7, 11) is 0. The van der Waals surface area contributed by atoms with E-state index < -0.39 is 6.10 Å². The molecule has 1 atom stereocenters. The van der Waals surface area contributed by atoms with Gasteiger partial charge >= 0.3 is 17.9 Å². The van der Waals surface area contributed by atoms with E-state index in [2.05, 4.69) is 69.4 Å². The van der Waals surface area contributed by atoms with Crippen molar-refractivity contribution >= 4 is 17.9 Å². The van der Waals surface area contributed by atoms with Gasteiger partial charge in [-0.25, -0.2) is 0 Å². The molecule has 0 aliphatic rings. The van der Waals surface area contributed by atoms with Crippen LogP contribution in [-0.2, 0) is 28.6 Å². The molecule has 0 N–H and O–H groups in total. The van der Waals surface area contributed by atoms with Crippen LogP contribution in [0.3, 0.4) is 0 Å². The van der Waals surface area contributed by atoms with E-state index in [1.165, 1.54) is 205 Å². The van der Waals surface area contributed by atoms with Crippen LogP contribution in [0.1, 0.15) is 323 Å². The Bertz CT molecular complexity index is 1220. The number of carbonyl (C=O) groups excluding carboxylic acids is 3. The van der Waals surface area contributed by atoms with Crippen LogP contribution in [0.2, 0.25) is 0 Å². The molecule has 0 fully saturated rings. The molecule has 70 heavy (non-hydrogen) atoms. The van der Waals surface area contributed by atoms with Gasteiger partial charge in [0.05, 0.1) is 0 Å². The summed E-state index contributed by atoms with van der Waals surface area (Å²) in [4.78, 5) is 38.3. The Morgan fingerprint density at radius 3 is 0.843 bits per heavy atom. The van der Waals surface area contributed by atoms with Crippen LogP contribution in [0, 0.1) is 0 Å². The first-order chi connectivity index (χ1) is 34.5. The quantitative estimate of drug-likeness (QED) is 0.0261. The van der Waals surface area contributed by atoms with Crippen molar-refractivity contribution in [1.29, 1.82) is 0 Å². The highest BCUT2D eigenvalue weighted by atomic mass is 16.6. The number of unbranched alkanes of at least 4 members (excludes halogenated alkanes) is 37. The number of carbonyl (C=O) groups is 3. The van der Waals surface area contributed by atoms with Gasteiger partial charge in [0, 0.05) is 19.3 Å². The third-order valence-corrected chi connectivity index (χ3v) is 13.6. The summed E-state index contributed by atoms with van der Waals surface area (Å²) in [5, 5.41) is 0. The van der Waals surface area contributed by atoms with Gasteiger partial charge in [-0.1, -0.05) is 268 Å². The molecule has 0 spiro atoms. The molecule has 0 rings (SSSR count). The van der Waals surface area contributed by atoms with Crippen LogP contribution in [0.5, 0.6) is 0 Å². The standard InChI is InChI=1S/C64H116O6/c1-4-7-10-13-16-19-22-25-28-31-32-34-36-39-42-45-48-51-54-57-63(66)69-60-61(59-68-62(65)56-53-50-47-44-41-38-35-30-27-24-21-18-15-12-9-6-3)70-64(67)58-55-52-49-46-43-40-37-33-29-26-23-20-17-14-11-8-5-2/h16,19,25-26,28-29,32,34,61H,4-15,17-18,20-24,27,30-31,33,35-60H2,1-3H3/b19-16-,28-25-,29-26-,34-32-/t61-/m1/s1. The number of rotatable bonds is 56. The minimum Gasteiger partial charge on any atom is -0.462 e. The first-order valence-electron chi connectivity index (χ1n) is 30.6. The lowest BCUT2D eigenvalue weighted by Crippen LogP contribution is -2.30. The van der Waals surface area contributed by atoms with Gasteiger partial charge in [0.15, 0.2) is 6.10 Å². The van der Waals surface area contributed by atoms with Crippen molar-refractivity contribution in [2.24, 2.45) is 0 Å². The fourth-order valence-corrected chi connectivity index (χ4v) is 8.92. The Balaban J connectivity index is 4.38. The summed E-state index contributed by atoms with van der Waals surface area (Å²) in [6.45, 7) is 6.64. The minimum atomic E-state index is -0.779. The molecule has 6 nitrogen and oxygen atoms in total. The molecule has 0 aromatic heterocycles. The molecule has 0 radical (unpaired) electrons. The summed E-state index contributed by atoms with van der Waals surface area (Å²) < 4.78 is 16.9. The van der Waals surface area contributed by atoms with Crippen LogP contribution >= 0.6 is 0 Å². The van der Waals surface area contributed by atoms with Crippen molar-refractivity contribution < 1.29 is 28.6 Å². The summed E-state index contributed by atoms with van der Waals surface area (Å²) in [6, 6.07) is 0. The van der Waals surface area contributed by atoms with E-state index in [9.17, 15) is 14.4 Å². The summed E-state index contributed by atoms with van der Waals surface area (Å²) in [5.41, 5.74) is 0. The monoisotopic (exact) mass is 981 g/mol. The Morgan fingerprint density at radius 2 is 0.514 bits per heavy atom. The van der Waals surface area contributed by atoms with Crippen LogP contribution < -0.4 is 0 Å². The SMILES string of the molecule is CCCCC/C=C\C/C=C\C/C=C\CCCCCCCCC(=O)OC[C@@H](COC(=O)CCCCCCCCCCCCCCCCCC)OC(=O)CCCCCCCCC/C=C\CCCCCCCC. The normalized spacial score (nSPS) is 12.3. The highest BCUT2D eigenvalue weighted by Crippen LogP contribution is 2.16. The highest BCUT2D eigenvalue weighted by Gasteiger charge is 2.19. The van der Waals surface area contributed by atoms with Crippen molar-refractivity contribution in [3.05, 3.63) is 48.6 Å². The molecule has 0 aromatic carbocycles. The lowest BCUT2D eigenvalue weighted by atomic mass is 10.0. The number of hydrogen-bond acceptors (Lipinski definition) is 6. The second kappa shape index (κ2) is 58.9. The van der Waals surface area contributed by atoms with E-state index in [0.717, 1.165) is 77.0 Å². The molecule has 0 heterocycles. The molecule has 0 aliphatic heterocycles. The molecule has 0 saturated carbocycles. The van der Waals surface area contributed by atoms with E-state index in [-0.39, 0.29) is 31.1 Å². The third-order valence-electron chi connectivity index (χ3n) is 13.6. The van der Waals surface area contributed by atoms with E-state index in [0.29, 0.717) is 19.3 Å². The second-order valence-corrected chi connectivity index (χ2v) is 20.6. The van der Waals surface area contributed by atoms with Crippen molar-refractivity contribution in [3.63, 3.8) is 0 Å². The molecular formula is C64H116O6. The van der Waals surface area contributed by atoms with Gasteiger partial charge in [0.25, 0.3) is 0 Å². The van der Waals surface area contributed by atoms with E-state index in [4.69, 9.17) is 14.2 Å². The van der Waals surface area contributed by atoms with Crippen molar-refractivity contribution in [1.82, 2.24) is 0 Å². The van der Waals surface area contributed by atoms with Gasteiger partial charge in [-0.15, -0.1) is 0 Å². The van der Waals surface area contributed by atoms with E-state index in [1.54, 1.807) is 0 Å². The zero-order chi connectivity index (χ0) is 50.7. The van der Waals surface area contributed by atoms with Gasteiger partial charge in [0.2, 0.25) is 0 Å². The fraction of sp³-hybridized carbons (Fsp3) is 0.828. The molecular weight excluding hydrogens is 865 g/mol. The van der Waals surface area contributed by atoms with Gasteiger partial charge in [-0.05, 0) is 83.5 Å². The Morgan fingerprint density at radius 1 is 0.286 bits per heavy atom. The molecule has 6 heteroatoms.